The van der Waals surface area contributed by atoms with E-state index in [4.69, 9.17) is 9.47 Å². The number of hydrogen-bond donors (Lipinski definition) is 1. The Balaban J connectivity index is 1.53. The van der Waals surface area contributed by atoms with Crippen molar-refractivity contribution >= 4 is 11.8 Å². The van der Waals surface area contributed by atoms with Crippen LogP contribution in [0, 0.1) is 11.7 Å². The maximum absolute atomic E-state index is 13.0. The van der Waals surface area contributed by atoms with Crippen molar-refractivity contribution in [3.05, 3.63) is 59.4 Å². The third kappa shape index (κ3) is 4.85. The second-order valence-corrected chi connectivity index (χ2v) is 6.94. The van der Waals surface area contributed by atoms with Crippen molar-refractivity contribution in [1.82, 2.24) is 10.2 Å². The van der Waals surface area contributed by atoms with Gasteiger partial charge in [0.2, 0.25) is 5.91 Å². The van der Waals surface area contributed by atoms with Crippen LogP contribution < -0.4 is 14.8 Å². The Hall–Kier alpha value is -3.09. The van der Waals surface area contributed by atoms with E-state index in [1.807, 2.05) is 12.1 Å². The van der Waals surface area contributed by atoms with Crippen LogP contribution in [0.15, 0.2) is 42.5 Å². The molecule has 1 aliphatic rings. The van der Waals surface area contributed by atoms with Crippen LogP contribution in [0.25, 0.3) is 0 Å². The van der Waals surface area contributed by atoms with Crippen molar-refractivity contribution < 1.29 is 23.5 Å². The molecule has 2 aromatic carbocycles. The first kappa shape index (κ1) is 20.6. The number of ether oxygens (including phenoxy) is 2. The summed E-state index contributed by atoms with van der Waals surface area (Å²) in [5.74, 6) is 0.532. The number of rotatable bonds is 6. The fraction of sp³-hybridized carbons (Fsp3) is 0.364. The Bertz CT molecular complexity index is 862. The molecule has 2 amide bonds. The molecule has 6 nitrogen and oxygen atoms in total. The van der Waals surface area contributed by atoms with Crippen LogP contribution >= 0.6 is 0 Å². The summed E-state index contributed by atoms with van der Waals surface area (Å²) in [6.07, 6.45) is 1.18. The number of para-hydroxylation sites is 1. The molecule has 154 valence electrons. The summed E-state index contributed by atoms with van der Waals surface area (Å²) in [7, 11) is 3.14. The van der Waals surface area contributed by atoms with E-state index < -0.39 is 0 Å². The summed E-state index contributed by atoms with van der Waals surface area (Å²) in [5.41, 5.74) is 1.29. The van der Waals surface area contributed by atoms with Crippen molar-refractivity contribution in [2.75, 3.05) is 27.3 Å². The highest BCUT2D eigenvalue weighted by Crippen LogP contribution is 2.30. The first-order valence-corrected chi connectivity index (χ1v) is 9.56. The maximum atomic E-state index is 13.0. The van der Waals surface area contributed by atoms with Crippen LogP contribution in [-0.4, -0.2) is 44.0 Å². The van der Waals surface area contributed by atoms with Gasteiger partial charge >= 0.3 is 0 Å². The highest BCUT2D eigenvalue weighted by molar-refractivity contribution is 5.94. The standard InChI is InChI=1S/C22H25FN2O4/c1-28-19-5-3-4-17(20(19)29-2)14-24-21(26)15-10-12-25(13-11-15)22(27)16-6-8-18(23)9-7-16/h3-9,15H,10-14H2,1-2H3,(H,24,26). The topological polar surface area (TPSA) is 67.9 Å². The predicted octanol–water partition coefficient (Wildman–Crippen LogP) is 3.01. The number of hydrogen-bond acceptors (Lipinski definition) is 4. The lowest BCUT2D eigenvalue weighted by molar-refractivity contribution is -0.126. The summed E-state index contributed by atoms with van der Waals surface area (Å²) >= 11 is 0. The molecule has 0 aromatic heterocycles. The van der Waals surface area contributed by atoms with E-state index in [2.05, 4.69) is 5.32 Å². The molecule has 0 unspecified atom stereocenters. The van der Waals surface area contributed by atoms with Gasteiger partial charge in [-0.2, -0.15) is 0 Å². The van der Waals surface area contributed by atoms with Crippen LogP contribution in [0.4, 0.5) is 4.39 Å². The first-order valence-electron chi connectivity index (χ1n) is 9.56. The number of nitrogens with one attached hydrogen (secondary N) is 1. The number of nitrogens with zero attached hydrogens (tertiary/aromatic N) is 1. The van der Waals surface area contributed by atoms with Gasteiger partial charge in [-0.3, -0.25) is 9.59 Å². The van der Waals surface area contributed by atoms with Gasteiger partial charge in [0.1, 0.15) is 5.82 Å². The largest absolute Gasteiger partial charge is 0.493 e. The van der Waals surface area contributed by atoms with Gasteiger partial charge in [0.25, 0.3) is 5.91 Å². The van der Waals surface area contributed by atoms with Gasteiger partial charge in [0.15, 0.2) is 11.5 Å². The molecule has 2 aromatic rings. The SMILES string of the molecule is COc1cccc(CNC(=O)C2CCN(C(=O)c3ccc(F)cc3)CC2)c1OC. The zero-order chi connectivity index (χ0) is 20.8. The summed E-state index contributed by atoms with van der Waals surface area (Å²) in [6.45, 7) is 1.33. The zero-order valence-electron chi connectivity index (χ0n) is 16.6. The lowest BCUT2D eigenvalue weighted by Crippen LogP contribution is -2.42. The number of methoxy groups -OCH3 is 2. The number of halogens is 1. The van der Waals surface area contributed by atoms with E-state index in [1.54, 1.807) is 25.2 Å². The monoisotopic (exact) mass is 400 g/mol. The molecule has 1 saturated heterocycles. The minimum absolute atomic E-state index is 0.0382. The highest BCUT2D eigenvalue weighted by atomic mass is 19.1. The van der Waals surface area contributed by atoms with E-state index in [1.165, 1.54) is 24.3 Å². The van der Waals surface area contributed by atoms with E-state index in [0.29, 0.717) is 49.5 Å². The minimum Gasteiger partial charge on any atom is -0.493 e. The van der Waals surface area contributed by atoms with Gasteiger partial charge in [-0.05, 0) is 43.2 Å². The Morgan fingerprint density at radius 3 is 2.38 bits per heavy atom. The van der Waals surface area contributed by atoms with Gasteiger partial charge < -0.3 is 19.7 Å². The van der Waals surface area contributed by atoms with Crippen LogP contribution in [0.2, 0.25) is 0 Å². The van der Waals surface area contributed by atoms with E-state index in [9.17, 15) is 14.0 Å². The molecule has 7 heteroatoms. The molecule has 0 atom stereocenters. The number of carbonyl (C=O) groups is 2. The molecule has 1 heterocycles. The molecular weight excluding hydrogens is 375 g/mol. The lowest BCUT2D eigenvalue weighted by atomic mass is 9.95. The van der Waals surface area contributed by atoms with Crippen molar-refractivity contribution in [1.29, 1.82) is 0 Å². The number of carbonyl (C=O) groups excluding carboxylic acids is 2. The van der Waals surface area contributed by atoms with Crippen molar-refractivity contribution in [3.8, 4) is 11.5 Å². The van der Waals surface area contributed by atoms with Crippen LogP contribution in [0.3, 0.4) is 0 Å². The van der Waals surface area contributed by atoms with Gasteiger partial charge in [0.05, 0.1) is 14.2 Å². The van der Waals surface area contributed by atoms with E-state index >= 15 is 0 Å². The molecule has 29 heavy (non-hydrogen) atoms. The summed E-state index contributed by atoms with van der Waals surface area (Å²) < 4.78 is 23.7. The number of likely N-dealkylation sites (tertiary alicyclic amines) is 1. The second kappa shape index (κ2) is 9.41. The molecule has 0 aliphatic carbocycles. The normalized spacial score (nSPS) is 14.4. The molecule has 1 aliphatic heterocycles. The Kier molecular flexibility index (Phi) is 6.69. The van der Waals surface area contributed by atoms with Crippen molar-refractivity contribution in [2.45, 2.75) is 19.4 Å². The third-order valence-corrected chi connectivity index (χ3v) is 5.18. The van der Waals surface area contributed by atoms with Crippen molar-refractivity contribution in [2.24, 2.45) is 5.92 Å². The average Bonchev–Trinajstić information content (AvgIpc) is 2.77. The Labute approximate surface area is 169 Å². The van der Waals surface area contributed by atoms with Gasteiger partial charge in [-0.25, -0.2) is 4.39 Å². The second-order valence-electron chi connectivity index (χ2n) is 6.94. The van der Waals surface area contributed by atoms with E-state index in [0.717, 1.165) is 5.56 Å². The molecule has 3 rings (SSSR count). The van der Waals surface area contributed by atoms with Gasteiger partial charge in [0, 0.05) is 36.7 Å². The highest BCUT2D eigenvalue weighted by Gasteiger charge is 2.28. The van der Waals surface area contributed by atoms with Crippen LogP contribution in [0.1, 0.15) is 28.8 Å². The van der Waals surface area contributed by atoms with Crippen LogP contribution in [0.5, 0.6) is 11.5 Å². The van der Waals surface area contributed by atoms with Gasteiger partial charge in [-0.1, -0.05) is 12.1 Å². The molecule has 1 fully saturated rings. The van der Waals surface area contributed by atoms with Crippen LogP contribution in [-0.2, 0) is 11.3 Å². The molecule has 1 N–H and O–H groups in total. The minimum atomic E-state index is -0.371. The summed E-state index contributed by atoms with van der Waals surface area (Å²) in [5, 5.41) is 2.96. The molecule has 0 saturated carbocycles. The molecule has 0 spiro atoms. The third-order valence-electron chi connectivity index (χ3n) is 5.18. The maximum Gasteiger partial charge on any atom is 0.253 e. The van der Waals surface area contributed by atoms with Gasteiger partial charge in [-0.15, -0.1) is 0 Å². The zero-order valence-corrected chi connectivity index (χ0v) is 16.6. The quantitative estimate of drug-likeness (QED) is 0.810. The number of piperidine rings is 1. The molecular formula is C22H25FN2O4. The summed E-state index contributed by atoms with van der Waals surface area (Å²) in [6, 6.07) is 11.1. The molecule has 0 radical (unpaired) electrons. The fourth-order valence-electron chi connectivity index (χ4n) is 3.54. The number of amides is 2. The first-order chi connectivity index (χ1) is 14.0. The average molecular weight is 400 g/mol. The fourth-order valence-corrected chi connectivity index (χ4v) is 3.54. The Morgan fingerprint density at radius 1 is 1.07 bits per heavy atom. The smallest absolute Gasteiger partial charge is 0.253 e. The van der Waals surface area contributed by atoms with Crippen molar-refractivity contribution in [3.63, 3.8) is 0 Å². The predicted molar refractivity (Wildman–Crippen MR) is 106 cm³/mol. The number of benzene rings is 2. The Morgan fingerprint density at radius 2 is 1.76 bits per heavy atom. The lowest BCUT2D eigenvalue weighted by Gasteiger charge is -2.31. The summed E-state index contributed by atoms with van der Waals surface area (Å²) in [4.78, 5) is 26.8. The molecule has 0 bridgehead atoms. The van der Waals surface area contributed by atoms with E-state index in [-0.39, 0.29) is 23.5 Å².